The van der Waals surface area contributed by atoms with E-state index in [1.807, 2.05) is 6.07 Å². The molecule has 3 atom stereocenters. The van der Waals surface area contributed by atoms with Gasteiger partial charge in [-0.3, -0.25) is 4.79 Å². The van der Waals surface area contributed by atoms with Gasteiger partial charge in [-0.2, -0.15) is 0 Å². The van der Waals surface area contributed by atoms with E-state index in [9.17, 15) is 4.79 Å². The molecular formula is C19H24BrCl3N2O2. The van der Waals surface area contributed by atoms with Gasteiger partial charge in [0.15, 0.2) is 6.23 Å². The molecule has 150 valence electrons. The third kappa shape index (κ3) is 5.74. The molecule has 0 aliphatic carbocycles. The van der Waals surface area contributed by atoms with Gasteiger partial charge in [0, 0.05) is 10.5 Å². The number of hydrogen-bond acceptors (Lipinski definition) is 3. The summed E-state index contributed by atoms with van der Waals surface area (Å²) < 4.78 is 4.88. The second-order valence-electron chi connectivity index (χ2n) is 7.21. The minimum absolute atomic E-state index is 0.346. The van der Waals surface area contributed by atoms with Crippen LogP contribution in [0.15, 0.2) is 28.7 Å². The molecule has 0 aromatic heterocycles. The van der Waals surface area contributed by atoms with Crippen molar-refractivity contribution in [3.63, 3.8) is 0 Å². The van der Waals surface area contributed by atoms with Gasteiger partial charge < -0.3 is 15.0 Å². The Bertz CT molecular complexity index is 654. The van der Waals surface area contributed by atoms with Gasteiger partial charge in [-0.05, 0) is 72.8 Å². The topological polar surface area (TPSA) is 41.6 Å². The minimum atomic E-state index is -1.75. The number of carbonyl (C=O) groups excluding carboxylic acids is 1. The average Bonchev–Trinajstić information content (AvgIpc) is 2.64. The molecule has 1 N–H and O–H groups in total. The number of rotatable bonds is 5. The minimum Gasteiger partial charge on any atom is -0.354 e. The molecule has 1 aromatic carbocycles. The molecule has 8 heteroatoms. The summed E-state index contributed by atoms with van der Waals surface area (Å²) in [5.41, 5.74) is 0.469. The maximum absolute atomic E-state index is 12.6. The second kappa shape index (κ2) is 9.64. The Morgan fingerprint density at radius 3 is 2.70 bits per heavy atom. The largest absolute Gasteiger partial charge is 0.354 e. The number of amides is 1. The Labute approximate surface area is 184 Å². The quantitative estimate of drug-likeness (QED) is 0.451. The van der Waals surface area contributed by atoms with Crippen LogP contribution < -0.4 is 5.32 Å². The van der Waals surface area contributed by atoms with E-state index in [0.29, 0.717) is 28.6 Å². The van der Waals surface area contributed by atoms with Crippen molar-refractivity contribution in [3.8, 4) is 0 Å². The van der Waals surface area contributed by atoms with E-state index >= 15 is 0 Å². The fourth-order valence-electron chi connectivity index (χ4n) is 4.05. The lowest BCUT2D eigenvalue weighted by Gasteiger charge is -2.44. The maximum Gasteiger partial charge on any atom is 0.254 e. The lowest BCUT2D eigenvalue weighted by molar-refractivity contribution is -0.0325. The van der Waals surface area contributed by atoms with Crippen molar-refractivity contribution in [1.29, 1.82) is 0 Å². The molecule has 0 bridgehead atoms. The molecule has 0 radical (unpaired) electrons. The number of carbonyl (C=O) groups is 1. The average molecular weight is 499 g/mol. The van der Waals surface area contributed by atoms with E-state index in [2.05, 4.69) is 26.1 Å². The number of nitrogens with zero attached hydrogens (tertiary/aromatic N) is 1. The van der Waals surface area contributed by atoms with Gasteiger partial charge >= 0.3 is 0 Å². The van der Waals surface area contributed by atoms with Gasteiger partial charge in [0.25, 0.3) is 5.91 Å². The van der Waals surface area contributed by atoms with Crippen molar-refractivity contribution >= 4 is 56.6 Å². The van der Waals surface area contributed by atoms with Gasteiger partial charge in [0.05, 0.1) is 12.2 Å². The number of piperidine rings is 2. The van der Waals surface area contributed by atoms with Crippen molar-refractivity contribution in [1.82, 2.24) is 10.2 Å². The van der Waals surface area contributed by atoms with Crippen LogP contribution in [0.1, 0.15) is 42.5 Å². The summed E-state index contributed by atoms with van der Waals surface area (Å²) in [5, 5.41) is 2.73. The van der Waals surface area contributed by atoms with Crippen LogP contribution in [0.3, 0.4) is 0 Å². The molecule has 27 heavy (non-hydrogen) atoms. The van der Waals surface area contributed by atoms with Gasteiger partial charge in [0.2, 0.25) is 3.79 Å². The van der Waals surface area contributed by atoms with Crippen LogP contribution in [-0.2, 0) is 4.74 Å². The predicted molar refractivity (Wildman–Crippen MR) is 114 cm³/mol. The highest BCUT2D eigenvalue weighted by molar-refractivity contribution is 9.10. The van der Waals surface area contributed by atoms with Crippen LogP contribution in [0.5, 0.6) is 0 Å². The Balaban J connectivity index is 1.63. The molecule has 2 heterocycles. The van der Waals surface area contributed by atoms with Crippen molar-refractivity contribution in [2.45, 2.75) is 48.2 Å². The molecule has 2 aliphatic heterocycles. The van der Waals surface area contributed by atoms with Crippen molar-refractivity contribution in [2.24, 2.45) is 5.92 Å². The highest BCUT2D eigenvalue weighted by atomic mass is 79.9. The molecule has 0 unspecified atom stereocenters. The van der Waals surface area contributed by atoms with Crippen molar-refractivity contribution in [3.05, 3.63) is 34.3 Å². The zero-order valence-corrected chi connectivity index (χ0v) is 18.8. The summed E-state index contributed by atoms with van der Waals surface area (Å²) in [6.07, 6.45) is 4.96. The highest BCUT2D eigenvalue weighted by Gasteiger charge is 2.38. The van der Waals surface area contributed by atoms with E-state index in [1.165, 1.54) is 19.3 Å². The fourth-order valence-corrected chi connectivity index (χ4v) is 4.87. The maximum atomic E-state index is 12.6. The molecule has 0 spiro atoms. The van der Waals surface area contributed by atoms with Crippen molar-refractivity contribution in [2.75, 3.05) is 19.7 Å². The number of nitrogens with one attached hydrogen (secondary N) is 1. The Hall–Kier alpha value is -0.0400. The first-order valence-corrected chi connectivity index (χ1v) is 11.3. The molecule has 1 amide bonds. The summed E-state index contributed by atoms with van der Waals surface area (Å²) in [5.74, 6) is 0.0519. The molecule has 0 saturated carbocycles. The number of alkyl halides is 3. The van der Waals surface area contributed by atoms with E-state index in [4.69, 9.17) is 39.5 Å². The summed E-state index contributed by atoms with van der Waals surface area (Å²) in [7, 11) is 0. The summed E-state index contributed by atoms with van der Waals surface area (Å²) >= 11 is 21.7. The van der Waals surface area contributed by atoms with Gasteiger partial charge in [-0.15, -0.1) is 0 Å². The van der Waals surface area contributed by atoms with E-state index in [0.717, 1.165) is 25.9 Å². The summed E-state index contributed by atoms with van der Waals surface area (Å²) in [6.45, 7) is 2.79. The number of benzene rings is 1. The second-order valence-corrected chi connectivity index (χ2v) is 10.4. The first kappa shape index (κ1) is 21.7. The Morgan fingerprint density at radius 1 is 1.22 bits per heavy atom. The molecular weight excluding hydrogens is 474 g/mol. The van der Waals surface area contributed by atoms with Gasteiger partial charge in [0.1, 0.15) is 0 Å². The van der Waals surface area contributed by atoms with Crippen LogP contribution in [0.25, 0.3) is 0 Å². The lowest BCUT2D eigenvalue weighted by atomic mass is 9.84. The first-order valence-electron chi connectivity index (χ1n) is 9.34. The van der Waals surface area contributed by atoms with Gasteiger partial charge in [-0.1, -0.05) is 53.4 Å². The van der Waals surface area contributed by atoms with E-state index < -0.39 is 10.0 Å². The molecule has 3 rings (SSSR count). The van der Waals surface area contributed by atoms with Crippen molar-refractivity contribution < 1.29 is 9.53 Å². The predicted octanol–water partition coefficient (Wildman–Crippen LogP) is 5.16. The lowest BCUT2D eigenvalue weighted by Crippen LogP contribution is -2.51. The zero-order chi connectivity index (χ0) is 19.4. The summed E-state index contributed by atoms with van der Waals surface area (Å²) in [4.78, 5) is 15.2. The summed E-state index contributed by atoms with van der Waals surface area (Å²) in [6, 6.07) is 7.64. The number of hydrogen-bond donors (Lipinski definition) is 1. The number of halogens is 4. The van der Waals surface area contributed by atoms with Crippen LogP contribution >= 0.6 is 50.7 Å². The third-order valence-corrected chi connectivity index (χ3v) is 6.67. The molecule has 4 nitrogen and oxygen atoms in total. The van der Waals surface area contributed by atoms with Crippen LogP contribution in [0.4, 0.5) is 0 Å². The molecule has 2 fully saturated rings. The normalized spacial score (nSPS) is 24.9. The zero-order valence-electron chi connectivity index (χ0n) is 15.0. The smallest absolute Gasteiger partial charge is 0.254 e. The monoisotopic (exact) mass is 496 g/mol. The number of ether oxygens (including phenoxy) is 1. The fraction of sp³-hybridized carbons (Fsp3) is 0.632. The Kier molecular flexibility index (Phi) is 7.73. The van der Waals surface area contributed by atoms with Crippen LogP contribution in [0.2, 0.25) is 0 Å². The Morgan fingerprint density at radius 2 is 1.96 bits per heavy atom. The van der Waals surface area contributed by atoms with Crippen LogP contribution in [-0.4, -0.2) is 46.6 Å². The molecule has 2 saturated heterocycles. The standard InChI is InChI=1S/C19H24BrCl3N2O2/c20-15-8-2-1-7-14(15)17(26)24-18(19(21,22)23)27-12-13-6-5-11-25-10-4-3-9-16(13)25/h1-2,7-8,13,16,18H,3-6,9-12H2,(H,24,26)/t13-,16+,18-/m0/s1. The number of fused-ring (bicyclic) bond motifs is 1. The molecule has 1 aromatic rings. The molecule has 2 aliphatic rings. The SMILES string of the molecule is O=C(N[C@@H](OC[C@@H]1CCCN2CCCC[C@H]12)C(Cl)(Cl)Cl)c1ccccc1Br. The first-order chi connectivity index (χ1) is 12.9. The van der Waals surface area contributed by atoms with Crippen LogP contribution in [0, 0.1) is 5.92 Å². The highest BCUT2D eigenvalue weighted by Crippen LogP contribution is 2.34. The van der Waals surface area contributed by atoms with Gasteiger partial charge in [-0.25, -0.2) is 0 Å². The third-order valence-electron chi connectivity index (χ3n) is 5.38. The van der Waals surface area contributed by atoms with E-state index in [-0.39, 0.29) is 5.91 Å². The van der Waals surface area contributed by atoms with E-state index in [1.54, 1.807) is 18.2 Å².